The average molecular weight is 509 g/mol. The standard InChI is InChI=1S/C28H28N8O2/c1-18-17-32-27-34-21-6-4-5-19(15-21)8-9-20-16-22(33-25(18)36-27)10-11-23(20)35-28(38)31-14-13-30-26(37)24-7-2-3-12-29-24/h2-7,10-12,15-17H,8-9,13-14H2,1H3,(H,30,37)(H2,31,35,38)(H2,32,33,34,36). The van der Waals surface area contributed by atoms with Gasteiger partial charge in [0.25, 0.3) is 5.91 Å². The Labute approximate surface area is 220 Å². The van der Waals surface area contributed by atoms with Crippen LogP contribution in [0.25, 0.3) is 0 Å². The maximum Gasteiger partial charge on any atom is 0.319 e. The van der Waals surface area contributed by atoms with E-state index in [9.17, 15) is 9.59 Å². The van der Waals surface area contributed by atoms with Gasteiger partial charge in [-0.05, 0) is 73.4 Å². The van der Waals surface area contributed by atoms with Crippen LogP contribution in [0, 0.1) is 6.92 Å². The molecule has 0 saturated carbocycles. The van der Waals surface area contributed by atoms with Gasteiger partial charge in [0.1, 0.15) is 11.5 Å². The van der Waals surface area contributed by atoms with Gasteiger partial charge in [-0.25, -0.2) is 9.78 Å². The van der Waals surface area contributed by atoms with E-state index >= 15 is 0 Å². The van der Waals surface area contributed by atoms with Gasteiger partial charge in [-0.15, -0.1) is 0 Å². The van der Waals surface area contributed by atoms with E-state index in [0.717, 1.165) is 46.6 Å². The zero-order chi connectivity index (χ0) is 26.3. The summed E-state index contributed by atoms with van der Waals surface area (Å²) in [6, 6.07) is 18.7. The Morgan fingerprint density at radius 3 is 2.63 bits per heavy atom. The topological polar surface area (TPSA) is 133 Å². The first-order valence-corrected chi connectivity index (χ1v) is 12.4. The number of nitrogens with one attached hydrogen (secondary N) is 5. The van der Waals surface area contributed by atoms with Crippen LogP contribution in [-0.2, 0) is 12.8 Å². The van der Waals surface area contributed by atoms with Crippen molar-refractivity contribution in [2.75, 3.05) is 29.0 Å². The molecule has 1 aliphatic heterocycles. The number of carbonyl (C=O) groups is 2. The Hall–Kier alpha value is -4.99. The van der Waals surface area contributed by atoms with Crippen molar-refractivity contribution in [3.63, 3.8) is 0 Å². The summed E-state index contributed by atoms with van der Waals surface area (Å²) in [4.78, 5) is 37.8. The molecule has 5 N–H and O–H groups in total. The predicted octanol–water partition coefficient (Wildman–Crippen LogP) is 4.32. The Morgan fingerprint density at radius 2 is 1.76 bits per heavy atom. The number of amides is 3. The van der Waals surface area contributed by atoms with E-state index < -0.39 is 0 Å². The number of fused-ring (bicyclic) bond motifs is 6. The number of benzene rings is 2. The fourth-order valence-corrected chi connectivity index (χ4v) is 4.08. The monoisotopic (exact) mass is 508 g/mol. The minimum atomic E-state index is -0.348. The SMILES string of the molecule is Cc1cnc2nc1Nc1ccc(NC(=O)NCCNC(=O)c3ccccn3)c(c1)CCc1cccc(c1)N2. The average Bonchev–Trinajstić information content (AvgIpc) is 2.93. The van der Waals surface area contributed by atoms with Crippen LogP contribution in [0.1, 0.15) is 27.2 Å². The zero-order valence-electron chi connectivity index (χ0n) is 20.9. The number of anilines is 5. The lowest BCUT2D eigenvalue weighted by atomic mass is 10.0. The molecule has 2 aromatic heterocycles. The second-order valence-electron chi connectivity index (χ2n) is 8.90. The molecule has 2 aromatic carbocycles. The lowest BCUT2D eigenvalue weighted by Crippen LogP contribution is -2.37. The van der Waals surface area contributed by atoms with Gasteiger partial charge in [-0.3, -0.25) is 9.78 Å². The predicted molar refractivity (Wildman–Crippen MR) is 147 cm³/mol. The number of hydrogen-bond acceptors (Lipinski definition) is 7. The molecule has 0 spiro atoms. The van der Waals surface area contributed by atoms with Crippen molar-refractivity contribution < 1.29 is 9.59 Å². The third kappa shape index (κ3) is 6.22. The Kier molecular flexibility index (Phi) is 7.39. The smallest absolute Gasteiger partial charge is 0.319 e. The fraction of sp³-hybridized carbons (Fsp3) is 0.179. The Morgan fingerprint density at radius 1 is 0.895 bits per heavy atom. The van der Waals surface area contributed by atoms with E-state index in [1.54, 1.807) is 30.6 Å². The number of nitrogens with zero attached hydrogens (tertiary/aromatic N) is 3. The maximum absolute atomic E-state index is 12.6. The molecule has 0 fully saturated rings. The number of aromatic nitrogens is 3. The molecule has 10 heteroatoms. The number of hydrogen-bond donors (Lipinski definition) is 5. The third-order valence-corrected chi connectivity index (χ3v) is 6.05. The first-order chi connectivity index (χ1) is 18.5. The van der Waals surface area contributed by atoms with Crippen LogP contribution >= 0.6 is 0 Å². The van der Waals surface area contributed by atoms with E-state index in [4.69, 9.17) is 0 Å². The third-order valence-electron chi connectivity index (χ3n) is 6.05. The van der Waals surface area contributed by atoms with Crippen LogP contribution < -0.4 is 26.6 Å². The zero-order valence-corrected chi connectivity index (χ0v) is 20.9. The van der Waals surface area contributed by atoms with Gasteiger partial charge in [0.05, 0.1) is 0 Å². The van der Waals surface area contributed by atoms with Crippen LogP contribution in [0.5, 0.6) is 0 Å². The van der Waals surface area contributed by atoms with Gasteiger partial charge in [0.2, 0.25) is 5.95 Å². The summed E-state index contributed by atoms with van der Waals surface area (Å²) in [6.07, 6.45) is 4.84. The van der Waals surface area contributed by atoms with E-state index in [1.807, 2.05) is 37.3 Å². The van der Waals surface area contributed by atoms with Crippen LogP contribution in [0.3, 0.4) is 0 Å². The highest BCUT2D eigenvalue weighted by molar-refractivity contribution is 5.92. The molecule has 6 bridgehead atoms. The van der Waals surface area contributed by atoms with Crippen molar-refractivity contribution >= 4 is 40.8 Å². The van der Waals surface area contributed by atoms with Crippen LogP contribution in [0.2, 0.25) is 0 Å². The van der Waals surface area contributed by atoms with E-state index in [-0.39, 0.29) is 25.0 Å². The lowest BCUT2D eigenvalue weighted by molar-refractivity contribution is 0.0949. The van der Waals surface area contributed by atoms with E-state index in [1.165, 1.54) is 0 Å². The van der Waals surface area contributed by atoms with Gasteiger partial charge < -0.3 is 26.6 Å². The molecule has 0 atom stereocenters. The largest absolute Gasteiger partial charge is 0.349 e. The summed E-state index contributed by atoms with van der Waals surface area (Å²) < 4.78 is 0. The van der Waals surface area contributed by atoms with E-state index in [0.29, 0.717) is 17.5 Å². The van der Waals surface area contributed by atoms with Gasteiger partial charge in [0.15, 0.2) is 0 Å². The first kappa shape index (κ1) is 24.7. The van der Waals surface area contributed by atoms with Crippen molar-refractivity contribution in [2.24, 2.45) is 0 Å². The Bertz CT molecular complexity index is 1460. The second kappa shape index (κ2) is 11.4. The fourth-order valence-electron chi connectivity index (χ4n) is 4.08. The highest BCUT2D eigenvalue weighted by Gasteiger charge is 2.12. The van der Waals surface area contributed by atoms with Crippen LogP contribution in [0.15, 0.2) is 73.1 Å². The van der Waals surface area contributed by atoms with Gasteiger partial charge in [-0.1, -0.05) is 18.2 Å². The molecule has 192 valence electrons. The molecule has 1 aliphatic rings. The normalized spacial score (nSPS) is 11.9. The van der Waals surface area contributed by atoms with Crippen LogP contribution in [0.4, 0.5) is 33.6 Å². The summed E-state index contributed by atoms with van der Waals surface area (Å²) in [7, 11) is 0. The second-order valence-corrected chi connectivity index (χ2v) is 8.90. The number of aryl methyl sites for hydroxylation is 3. The summed E-state index contributed by atoms with van der Waals surface area (Å²) in [5.41, 5.74) is 5.88. The molecular formula is C28H28N8O2. The molecule has 3 amide bonds. The maximum atomic E-state index is 12.6. The van der Waals surface area contributed by atoms with Crippen molar-refractivity contribution in [1.82, 2.24) is 25.6 Å². The number of rotatable bonds is 5. The molecule has 4 aromatic rings. The summed E-state index contributed by atoms with van der Waals surface area (Å²) >= 11 is 0. The summed E-state index contributed by atoms with van der Waals surface area (Å²) in [5, 5.41) is 15.1. The number of carbonyl (C=O) groups excluding carboxylic acids is 2. The van der Waals surface area contributed by atoms with Crippen molar-refractivity contribution in [2.45, 2.75) is 19.8 Å². The highest BCUT2D eigenvalue weighted by Crippen LogP contribution is 2.27. The van der Waals surface area contributed by atoms with Crippen molar-refractivity contribution in [3.8, 4) is 0 Å². The van der Waals surface area contributed by atoms with Crippen molar-refractivity contribution in [3.05, 3.63) is 95.4 Å². The van der Waals surface area contributed by atoms with Gasteiger partial charge in [-0.2, -0.15) is 4.98 Å². The minimum absolute atomic E-state index is 0.272. The molecule has 0 unspecified atom stereocenters. The molecule has 3 heterocycles. The Balaban J connectivity index is 1.27. The van der Waals surface area contributed by atoms with Crippen molar-refractivity contribution in [1.29, 1.82) is 0 Å². The molecule has 38 heavy (non-hydrogen) atoms. The molecule has 0 aliphatic carbocycles. The molecule has 0 saturated heterocycles. The summed E-state index contributed by atoms with van der Waals surface area (Å²) in [6.45, 7) is 2.50. The van der Waals surface area contributed by atoms with Crippen LogP contribution in [-0.4, -0.2) is 40.0 Å². The summed E-state index contributed by atoms with van der Waals surface area (Å²) in [5.74, 6) is 0.934. The highest BCUT2D eigenvalue weighted by atomic mass is 16.2. The minimum Gasteiger partial charge on any atom is -0.349 e. The van der Waals surface area contributed by atoms with Gasteiger partial charge in [0, 0.05) is 48.1 Å². The number of urea groups is 1. The van der Waals surface area contributed by atoms with E-state index in [2.05, 4.69) is 53.7 Å². The quantitative estimate of drug-likeness (QED) is 0.254. The molecular weight excluding hydrogens is 480 g/mol. The molecule has 5 rings (SSSR count). The lowest BCUT2D eigenvalue weighted by Gasteiger charge is -2.15. The first-order valence-electron chi connectivity index (χ1n) is 12.4. The molecule has 10 nitrogen and oxygen atoms in total. The molecule has 0 radical (unpaired) electrons. The number of pyridine rings is 1. The van der Waals surface area contributed by atoms with Gasteiger partial charge >= 0.3 is 6.03 Å².